The summed E-state index contributed by atoms with van der Waals surface area (Å²) in [5, 5.41) is 0. The fourth-order valence-corrected chi connectivity index (χ4v) is 2.20. The van der Waals surface area contributed by atoms with Crippen molar-refractivity contribution in [3.8, 4) is 0 Å². The number of rotatable bonds is 4. The van der Waals surface area contributed by atoms with Gasteiger partial charge in [0.1, 0.15) is 6.61 Å². The van der Waals surface area contributed by atoms with Gasteiger partial charge in [0.15, 0.2) is 5.78 Å². The third-order valence-corrected chi connectivity index (χ3v) is 3.31. The first kappa shape index (κ1) is 14.0. The number of hydrogen-bond acceptors (Lipinski definition) is 4. The Morgan fingerprint density at radius 2 is 2.18 bits per heavy atom. The summed E-state index contributed by atoms with van der Waals surface area (Å²) in [6.07, 6.45) is 6.19. The first-order valence-corrected chi connectivity index (χ1v) is 6.91. The second-order valence-corrected chi connectivity index (χ2v) is 4.80. The smallest absolute Gasteiger partial charge is 0.414 e. The Balaban J connectivity index is 1.78. The van der Waals surface area contributed by atoms with Gasteiger partial charge in [-0.15, -0.1) is 0 Å². The molecule has 2 aromatic rings. The summed E-state index contributed by atoms with van der Waals surface area (Å²) in [6.45, 7) is 0.875. The number of anilines is 1. The maximum absolute atomic E-state index is 12.2. The van der Waals surface area contributed by atoms with Crippen molar-refractivity contribution < 1.29 is 14.3 Å². The molecule has 1 saturated heterocycles. The van der Waals surface area contributed by atoms with Crippen molar-refractivity contribution in [2.45, 2.75) is 0 Å². The quantitative estimate of drug-likeness (QED) is 0.642. The summed E-state index contributed by atoms with van der Waals surface area (Å²) in [7, 11) is 0. The molecule has 1 fully saturated rings. The monoisotopic (exact) mass is 294 g/mol. The minimum atomic E-state index is -0.379. The highest BCUT2D eigenvalue weighted by Gasteiger charge is 2.23. The number of ether oxygens (including phenoxy) is 1. The lowest BCUT2D eigenvalue weighted by molar-refractivity contribution is 0.104. The van der Waals surface area contributed by atoms with Gasteiger partial charge in [-0.2, -0.15) is 0 Å². The molecule has 0 bridgehead atoms. The number of ketones is 1. The molecule has 1 aliphatic rings. The van der Waals surface area contributed by atoms with Crippen LogP contribution in [0.4, 0.5) is 10.5 Å². The van der Waals surface area contributed by atoms with Crippen molar-refractivity contribution in [1.82, 2.24) is 4.98 Å². The molecule has 0 N–H and O–H groups in total. The number of pyridine rings is 1. The van der Waals surface area contributed by atoms with Gasteiger partial charge >= 0.3 is 6.09 Å². The maximum Gasteiger partial charge on any atom is 0.414 e. The topological polar surface area (TPSA) is 59.5 Å². The number of hydrogen-bond donors (Lipinski definition) is 0. The van der Waals surface area contributed by atoms with Crippen LogP contribution >= 0.6 is 0 Å². The second kappa shape index (κ2) is 6.22. The standard InChI is InChI=1S/C17H14N2O3/c20-16(7-6-13-3-2-8-18-12-13)14-4-1-5-15(11-14)19-9-10-22-17(19)21/h1-8,11-12H,9-10H2. The highest BCUT2D eigenvalue weighted by Crippen LogP contribution is 2.20. The van der Waals surface area contributed by atoms with Gasteiger partial charge < -0.3 is 4.74 Å². The minimum absolute atomic E-state index is 0.127. The number of carbonyl (C=O) groups is 2. The van der Waals surface area contributed by atoms with Crippen LogP contribution in [0.25, 0.3) is 6.08 Å². The molecule has 1 aliphatic heterocycles. The van der Waals surface area contributed by atoms with Gasteiger partial charge in [-0.25, -0.2) is 4.79 Å². The van der Waals surface area contributed by atoms with Crippen LogP contribution in [-0.4, -0.2) is 30.0 Å². The lowest BCUT2D eigenvalue weighted by Crippen LogP contribution is -2.23. The molecule has 1 amide bonds. The Morgan fingerprint density at radius 1 is 1.27 bits per heavy atom. The van der Waals surface area contributed by atoms with E-state index in [2.05, 4.69) is 4.98 Å². The Hall–Kier alpha value is -2.95. The minimum Gasteiger partial charge on any atom is -0.447 e. The lowest BCUT2D eigenvalue weighted by Gasteiger charge is -2.13. The third kappa shape index (κ3) is 3.03. The number of nitrogens with zero attached hydrogens (tertiary/aromatic N) is 2. The van der Waals surface area contributed by atoms with Crippen LogP contribution in [0.15, 0.2) is 54.9 Å². The molecule has 0 saturated carbocycles. The number of amides is 1. The molecule has 5 nitrogen and oxygen atoms in total. The molecule has 2 heterocycles. The van der Waals surface area contributed by atoms with E-state index in [-0.39, 0.29) is 11.9 Å². The Morgan fingerprint density at radius 3 is 2.91 bits per heavy atom. The van der Waals surface area contributed by atoms with Gasteiger partial charge in [-0.05, 0) is 35.9 Å². The summed E-state index contributed by atoms with van der Waals surface area (Å²) < 4.78 is 4.91. The van der Waals surface area contributed by atoms with Gasteiger partial charge in [-0.1, -0.05) is 18.2 Å². The van der Waals surface area contributed by atoms with Crippen LogP contribution in [0.5, 0.6) is 0 Å². The predicted molar refractivity (Wildman–Crippen MR) is 82.7 cm³/mol. The van der Waals surface area contributed by atoms with E-state index in [9.17, 15) is 9.59 Å². The van der Waals surface area contributed by atoms with Crippen LogP contribution in [-0.2, 0) is 4.74 Å². The zero-order valence-electron chi connectivity index (χ0n) is 11.8. The van der Waals surface area contributed by atoms with Crippen molar-refractivity contribution in [2.24, 2.45) is 0 Å². The fourth-order valence-electron chi connectivity index (χ4n) is 2.20. The SMILES string of the molecule is O=C(C=Cc1cccnc1)c1cccc(N2CCOC2=O)c1. The highest BCUT2D eigenvalue weighted by molar-refractivity contribution is 6.07. The molecule has 1 aromatic carbocycles. The van der Waals surface area contributed by atoms with E-state index in [0.717, 1.165) is 5.56 Å². The van der Waals surface area contributed by atoms with Crippen molar-refractivity contribution in [3.63, 3.8) is 0 Å². The molecule has 110 valence electrons. The van der Waals surface area contributed by atoms with Crippen molar-refractivity contribution in [1.29, 1.82) is 0 Å². The van der Waals surface area contributed by atoms with Crippen molar-refractivity contribution in [2.75, 3.05) is 18.1 Å². The summed E-state index contributed by atoms with van der Waals surface area (Å²) in [5.41, 5.74) is 2.05. The van der Waals surface area contributed by atoms with Gasteiger partial charge in [0.05, 0.1) is 6.54 Å². The summed E-state index contributed by atoms with van der Waals surface area (Å²) in [6, 6.07) is 10.6. The van der Waals surface area contributed by atoms with Crippen LogP contribution in [0.3, 0.4) is 0 Å². The molecule has 1 aromatic heterocycles. The molecular formula is C17H14N2O3. The number of benzene rings is 1. The van der Waals surface area contributed by atoms with Crippen LogP contribution in [0, 0.1) is 0 Å². The van der Waals surface area contributed by atoms with E-state index in [0.29, 0.717) is 24.4 Å². The van der Waals surface area contributed by atoms with Crippen molar-refractivity contribution in [3.05, 3.63) is 66.0 Å². The van der Waals surface area contributed by atoms with Crippen LogP contribution in [0.2, 0.25) is 0 Å². The number of carbonyl (C=O) groups excluding carboxylic acids is 2. The second-order valence-electron chi connectivity index (χ2n) is 4.80. The van der Waals surface area contributed by atoms with Gasteiger partial charge in [0.25, 0.3) is 0 Å². The number of allylic oxidation sites excluding steroid dienone is 1. The Bertz CT molecular complexity index is 726. The Kier molecular flexibility index (Phi) is 3.96. The molecule has 3 rings (SSSR count). The first-order valence-electron chi connectivity index (χ1n) is 6.91. The first-order chi connectivity index (χ1) is 10.7. The fraction of sp³-hybridized carbons (Fsp3) is 0.118. The molecule has 0 aliphatic carbocycles. The zero-order valence-corrected chi connectivity index (χ0v) is 11.8. The molecule has 22 heavy (non-hydrogen) atoms. The van der Waals surface area contributed by atoms with E-state index >= 15 is 0 Å². The van der Waals surface area contributed by atoms with Crippen molar-refractivity contribution >= 4 is 23.6 Å². The summed E-state index contributed by atoms with van der Waals surface area (Å²) >= 11 is 0. The molecule has 5 heteroatoms. The van der Waals surface area contributed by atoms with E-state index in [1.165, 1.54) is 11.0 Å². The maximum atomic E-state index is 12.2. The highest BCUT2D eigenvalue weighted by atomic mass is 16.6. The largest absolute Gasteiger partial charge is 0.447 e. The third-order valence-electron chi connectivity index (χ3n) is 3.31. The average molecular weight is 294 g/mol. The van der Waals surface area contributed by atoms with Gasteiger partial charge in [0, 0.05) is 23.6 Å². The van der Waals surface area contributed by atoms with E-state index in [4.69, 9.17) is 4.74 Å². The average Bonchev–Trinajstić information content (AvgIpc) is 3.00. The summed E-state index contributed by atoms with van der Waals surface area (Å²) in [5.74, 6) is -0.127. The molecule has 0 atom stereocenters. The molecule has 0 unspecified atom stereocenters. The van der Waals surface area contributed by atoms with E-state index in [1.807, 2.05) is 12.1 Å². The normalized spacial score (nSPS) is 14.4. The predicted octanol–water partition coefficient (Wildman–Crippen LogP) is 2.93. The van der Waals surface area contributed by atoms with Gasteiger partial charge in [0.2, 0.25) is 0 Å². The van der Waals surface area contributed by atoms with Crippen LogP contribution < -0.4 is 4.90 Å². The zero-order chi connectivity index (χ0) is 15.4. The van der Waals surface area contributed by atoms with E-state index < -0.39 is 0 Å². The van der Waals surface area contributed by atoms with Gasteiger partial charge in [-0.3, -0.25) is 14.7 Å². The molecule has 0 radical (unpaired) electrons. The lowest BCUT2D eigenvalue weighted by atomic mass is 10.1. The van der Waals surface area contributed by atoms with E-state index in [1.54, 1.807) is 42.7 Å². The van der Waals surface area contributed by atoms with Crippen LogP contribution in [0.1, 0.15) is 15.9 Å². The number of aromatic nitrogens is 1. The molecule has 0 spiro atoms. The Labute approximate surface area is 127 Å². The molecular weight excluding hydrogens is 280 g/mol. The number of cyclic esters (lactones) is 1. The summed E-state index contributed by atoms with van der Waals surface area (Å²) in [4.78, 5) is 29.3.